The Kier molecular flexibility index (Phi) is 4.37. The molecule has 134 valence electrons. The number of fused-ring (bicyclic) bond motifs is 1. The van der Waals surface area contributed by atoms with Gasteiger partial charge in [-0.2, -0.15) is 0 Å². The van der Waals surface area contributed by atoms with Gasteiger partial charge < -0.3 is 15.2 Å². The first-order valence-corrected chi connectivity index (χ1v) is 8.90. The molecule has 3 aromatic rings. The van der Waals surface area contributed by atoms with Crippen LogP contribution in [-0.2, 0) is 11.3 Å². The van der Waals surface area contributed by atoms with Gasteiger partial charge in [0, 0.05) is 0 Å². The minimum Gasteiger partial charge on any atom is -0.467 e. The Morgan fingerprint density at radius 3 is 2.88 bits per heavy atom. The minimum atomic E-state index is -0.494. The molecule has 1 aromatic carbocycles. The van der Waals surface area contributed by atoms with Crippen molar-refractivity contribution in [2.45, 2.75) is 29.9 Å². The molecule has 9 heteroatoms. The second kappa shape index (κ2) is 6.83. The van der Waals surface area contributed by atoms with Crippen LogP contribution in [0.5, 0.6) is 0 Å². The number of amides is 1. The predicted molar refractivity (Wildman–Crippen MR) is 93.5 cm³/mol. The number of carbonyl (C=O) groups is 1. The number of nitrogens with one attached hydrogen (secondary N) is 2. The van der Waals surface area contributed by atoms with Gasteiger partial charge >= 0.3 is 0 Å². The average molecular weight is 373 g/mol. The highest BCUT2D eigenvalue weighted by atomic mass is 32.2. The number of nitrogens with zero attached hydrogens (tertiary/aromatic N) is 3. The number of carbonyl (C=O) groups excluding carboxylic acids is 1. The van der Waals surface area contributed by atoms with E-state index in [-0.39, 0.29) is 17.8 Å². The van der Waals surface area contributed by atoms with Gasteiger partial charge in [0.15, 0.2) is 0 Å². The topological polar surface area (TPSA) is 85.0 Å². The Bertz CT molecular complexity index is 910. The van der Waals surface area contributed by atoms with Gasteiger partial charge in [0.1, 0.15) is 22.7 Å². The van der Waals surface area contributed by atoms with E-state index in [0.29, 0.717) is 23.3 Å². The first-order chi connectivity index (χ1) is 12.6. The Balaban J connectivity index is 1.60. The van der Waals surface area contributed by atoms with Crippen molar-refractivity contribution in [1.82, 2.24) is 20.2 Å². The normalized spacial score (nSPS) is 18.8. The Labute approximate surface area is 153 Å². The van der Waals surface area contributed by atoms with Crippen LogP contribution in [0, 0.1) is 12.7 Å². The zero-order valence-electron chi connectivity index (χ0n) is 13.8. The van der Waals surface area contributed by atoms with Crippen LogP contribution >= 0.6 is 11.8 Å². The maximum atomic E-state index is 13.3. The maximum absolute atomic E-state index is 13.3. The molecule has 7 nitrogen and oxygen atoms in total. The summed E-state index contributed by atoms with van der Waals surface area (Å²) < 4.78 is 20.3. The number of aryl methyl sites for hydroxylation is 1. The average Bonchev–Trinajstić information content (AvgIpc) is 3.29. The molecule has 0 radical (unpaired) electrons. The molecule has 0 spiro atoms. The number of thioether (sulfide) groups is 1. The van der Waals surface area contributed by atoms with E-state index in [1.165, 1.54) is 23.9 Å². The first-order valence-electron chi connectivity index (χ1n) is 8.02. The molecule has 2 N–H and O–H groups in total. The summed E-state index contributed by atoms with van der Waals surface area (Å²) in [7, 11) is 0. The summed E-state index contributed by atoms with van der Waals surface area (Å²) in [6.45, 7) is 2.12. The number of halogens is 1. The first kappa shape index (κ1) is 16.6. The van der Waals surface area contributed by atoms with Crippen LogP contribution in [0.15, 0.2) is 52.2 Å². The summed E-state index contributed by atoms with van der Waals surface area (Å²) in [6.07, 6.45) is 1.56. The van der Waals surface area contributed by atoms with Crippen LogP contribution in [-0.4, -0.2) is 26.0 Å². The van der Waals surface area contributed by atoms with Gasteiger partial charge in [0.05, 0.1) is 18.8 Å². The molecule has 0 fully saturated rings. The molecule has 0 saturated carbocycles. The van der Waals surface area contributed by atoms with E-state index in [2.05, 4.69) is 20.9 Å². The second-order valence-electron chi connectivity index (χ2n) is 5.86. The summed E-state index contributed by atoms with van der Waals surface area (Å²) in [5.41, 5.74) is 4.07. The van der Waals surface area contributed by atoms with E-state index in [4.69, 9.17) is 4.42 Å². The van der Waals surface area contributed by atoms with Crippen molar-refractivity contribution in [2.24, 2.45) is 0 Å². The van der Waals surface area contributed by atoms with Crippen molar-refractivity contribution in [3.8, 4) is 0 Å². The Morgan fingerprint density at radius 1 is 1.35 bits per heavy atom. The lowest BCUT2D eigenvalue weighted by molar-refractivity contribution is -0.121. The summed E-state index contributed by atoms with van der Waals surface area (Å²) in [6, 6.07) is 9.31. The third-order valence-electron chi connectivity index (χ3n) is 4.10. The number of hydrogen-bond donors (Lipinski definition) is 2. The van der Waals surface area contributed by atoms with Crippen molar-refractivity contribution in [2.75, 3.05) is 5.43 Å². The fourth-order valence-corrected chi connectivity index (χ4v) is 3.92. The van der Waals surface area contributed by atoms with Gasteiger partial charge in [0.2, 0.25) is 11.1 Å². The molecule has 26 heavy (non-hydrogen) atoms. The second-order valence-corrected chi connectivity index (χ2v) is 6.97. The molecular formula is C17H16FN5O2S. The quantitative estimate of drug-likeness (QED) is 0.731. The largest absolute Gasteiger partial charge is 0.467 e. The number of aromatic nitrogens is 3. The van der Waals surface area contributed by atoms with Gasteiger partial charge in [-0.05, 0) is 36.8 Å². The van der Waals surface area contributed by atoms with Gasteiger partial charge in [0.25, 0.3) is 0 Å². The molecular weight excluding hydrogens is 357 g/mol. The van der Waals surface area contributed by atoms with Crippen LogP contribution in [0.1, 0.15) is 23.2 Å². The van der Waals surface area contributed by atoms with E-state index in [9.17, 15) is 9.18 Å². The van der Waals surface area contributed by atoms with Crippen LogP contribution in [0.25, 0.3) is 0 Å². The molecule has 1 aliphatic rings. The molecule has 0 saturated heterocycles. The van der Waals surface area contributed by atoms with E-state index in [0.717, 1.165) is 5.56 Å². The molecule has 1 amide bonds. The SMILES string of the molecule is Cc1nnc2n1N[C@H](c1ccc(F)cc1)[C@@H](C(=O)NCc1ccco1)S2. The lowest BCUT2D eigenvalue weighted by Gasteiger charge is -2.32. The Morgan fingerprint density at radius 2 is 2.15 bits per heavy atom. The summed E-state index contributed by atoms with van der Waals surface area (Å²) in [5, 5.41) is 11.1. The van der Waals surface area contributed by atoms with Gasteiger partial charge in [-0.15, -0.1) is 10.2 Å². The fourth-order valence-electron chi connectivity index (χ4n) is 2.77. The van der Waals surface area contributed by atoms with Crippen molar-refractivity contribution in [3.05, 3.63) is 65.6 Å². The van der Waals surface area contributed by atoms with Crippen LogP contribution in [0.2, 0.25) is 0 Å². The Hall–Kier alpha value is -2.81. The number of benzene rings is 1. The van der Waals surface area contributed by atoms with E-state index in [1.807, 2.05) is 6.92 Å². The number of furan rings is 1. The monoisotopic (exact) mass is 373 g/mol. The highest BCUT2D eigenvalue weighted by Crippen LogP contribution is 2.37. The molecule has 1 aliphatic heterocycles. The van der Waals surface area contributed by atoms with E-state index < -0.39 is 5.25 Å². The number of rotatable bonds is 4. The summed E-state index contributed by atoms with van der Waals surface area (Å²) in [5.74, 6) is 0.871. The molecule has 4 rings (SSSR count). The highest BCUT2D eigenvalue weighted by molar-refractivity contribution is 8.00. The van der Waals surface area contributed by atoms with Crippen LogP contribution in [0.4, 0.5) is 4.39 Å². The molecule has 3 heterocycles. The van der Waals surface area contributed by atoms with Crippen molar-refractivity contribution in [1.29, 1.82) is 0 Å². The van der Waals surface area contributed by atoms with Gasteiger partial charge in [-0.25, -0.2) is 9.07 Å². The zero-order valence-corrected chi connectivity index (χ0v) is 14.7. The van der Waals surface area contributed by atoms with Crippen molar-refractivity contribution < 1.29 is 13.6 Å². The number of hydrogen-bond acceptors (Lipinski definition) is 6. The highest BCUT2D eigenvalue weighted by Gasteiger charge is 2.37. The van der Waals surface area contributed by atoms with E-state index in [1.54, 1.807) is 35.2 Å². The molecule has 2 aromatic heterocycles. The molecule has 2 atom stereocenters. The summed E-state index contributed by atoms with van der Waals surface area (Å²) >= 11 is 1.32. The van der Waals surface area contributed by atoms with Gasteiger partial charge in [-0.1, -0.05) is 23.9 Å². The third kappa shape index (κ3) is 3.17. The van der Waals surface area contributed by atoms with Crippen LogP contribution < -0.4 is 10.7 Å². The summed E-state index contributed by atoms with van der Waals surface area (Å²) in [4.78, 5) is 12.8. The van der Waals surface area contributed by atoms with Crippen molar-refractivity contribution in [3.63, 3.8) is 0 Å². The smallest absolute Gasteiger partial charge is 0.236 e. The lowest BCUT2D eigenvalue weighted by atomic mass is 10.0. The van der Waals surface area contributed by atoms with Gasteiger partial charge in [-0.3, -0.25) is 4.79 Å². The molecule has 0 aliphatic carbocycles. The minimum absolute atomic E-state index is 0.167. The maximum Gasteiger partial charge on any atom is 0.236 e. The van der Waals surface area contributed by atoms with Crippen molar-refractivity contribution >= 4 is 17.7 Å². The standard InChI is InChI=1S/C17H16FN5O2S/c1-10-20-21-17-23(10)22-14(11-4-6-12(18)7-5-11)15(26-17)16(24)19-9-13-3-2-8-25-13/h2-8,14-15,22H,9H2,1H3,(H,19,24)/t14-,15+/m1/s1. The molecule has 0 bridgehead atoms. The van der Waals surface area contributed by atoms with E-state index >= 15 is 0 Å². The molecule has 0 unspecified atom stereocenters. The third-order valence-corrected chi connectivity index (χ3v) is 5.32. The zero-order chi connectivity index (χ0) is 18.1. The lowest BCUT2D eigenvalue weighted by Crippen LogP contribution is -2.43. The predicted octanol–water partition coefficient (Wildman–Crippen LogP) is 2.39. The van der Waals surface area contributed by atoms with Crippen LogP contribution in [0.3, 0.4) is 0 Å². The fraction of sp³-hybridized carbons (Fsp3) is 0.235.